The Morgan fingerprint density at radius 1 is 0.864 bits per heavy atom. The number of rotatable bonds is 4. The van der Waals surface area contributed by atoms with Crippen LogP contribution in [0.3, 0.4) is 0 Å². The van der Waals surface area contributed by atoms with Gasteiger partial charge < -0.3 is 9.47 Å². The van der Waals surface area contributed by atoms with Gasteiger partial charge in [-0.15, -0.1) is 0 Å². The predicted molar refractivity (Wildman–Crippen MR) is 83.0 cm³/mol. The second kappa shape index (κ2) is 6.95. The van der Waals surface area contributed by atoms with E-state index in [4.69, 9.17) is 9.47 Å². The minimum Gasteiger partial charge on any atom is -0.457 e. The Balaban J connectivity index is 2.19. The molecule has 22 heavy (non-hydrogen) atoms. The number of carbonyl (C=O) groups is 2. The molecule has 0 unspecified atom stereocenters. The molecule has 0 radical (unpaired) electrons. The van der Waals surface area contributed by atoms with E-state index in [1.165, 1.54) is 0 Å². The van der Waals surface area contributed by atoms with Crippen molar-refractivity contribution in [2.24, 2.45) is 11.8 Å². The Morgan fingerprint density at radius 2 is 1.23 bits per heavy atom. The Morgan fingerprint density at radius 3 is 1.55 bits per heavy atom. The highest BCUT2D eigenvalue weighted by Crippen LogP contribution is 2.40. The van der Waals surface area contributed by atoms with Crippen LogP contribution in [0.2, 0.25) is 0 Å². The first-order valence-electron chi connectivity index (χ1n) is 7.90. The summed E-state index contributed by atoms with van der Waals surface area (Å²) in [6.45, 7) is 7.29. The molecular weight excluding hydrogens is 280 g/mol. The van der Waals surface area contributed by atoms with Crippen molar-refractivity contribution in [3.63, 3.8) is 0 Å². The fourth-order valence-electron chi connectivity index (χ4n) is 2.51. The van der Waals surface area contributed by atoms with Crippen LogP contribution in [-0.4, -0.2) is 11.9 Å². The zero-order chi connectivity index (χ0) is 16.3. The second-order valence-corrected chi connectivity index (χ2v) is 6.37. The minimum atomic E-state index is -0.250. The lowest BCUT2D eigenvalue weighted by atomic mass is 9.87. The number of hydrogen-bond donors (Lipinski definition) is 0. The highest BCUT2D eigenvalue weighted by molar-refractivity contribution is 5.72. The topological polar surface area (TPSA) is 52.6 Å². The van der Waals surface area contributed by atoms with Crippen molar-refractivity contribution in [2.75, 3.05) is 0 Å². The summed E-state index contributed by atoms with van der Waals surface area (Å²) in [4.78, 5) is 23.7. The Kier molecular flexibility index (Phi) is 5.22. The summed E-state index contributed by atoms with van der Waals surface area (Å²) in [5, 5.41) is 0. The van der Waals surface area contributed by atoms with Gasteiger partial charge in [-0.2, -0.15) is 0 Å². The molecule has 0 saturated carbocycles. The van der Waals surface area contributed by atoms with Gasteiger partial charge in [-0.05, 0) is 24.0 Å². The maximum atomic E-state index is 11.9. The van der Waals surface area contributed by atoms with E-state index in [1.807, 2.05) is 52.0 Å². The molecule has 0 spiro atoms. The van der Waals surface area contributed by atoms with E-state index < -0.39 is 0 Å². The molecule has 1 aliphatic rings. The molecule has 0 N–H and O–H groups in total. The van der Waals surface area contributed by atoms with Gasteiger partial charge in [-0.25, -0.2) is 0 Å². The van der Waals surface area contributed by atoms with Crippen LogP contribution in [0, 0.1) is 11.8 Å². The smallest absolute Gasteiger partial charge is 0.308 e. The monoisotopic (exact) mass is 304 g/mol. The molecule has 0 aliphatic heterocycles. The second-order valence-electron chi connectivity index (χ2n) is 6.37. The normalized spacial score (nSPS) is 20.6. The number of esters is 2. The maximum absolute atomic E-state index is 11.9. The molecule has 2 rings (SSSR count). The average molecular weight is 304 g/mol. The molecule has 1 aromatic carbocycles. The van der Waals surface area contributed by atoms with E-state index in [0.717, 1.165) is 11.1 Å². The first-order valence-corrected chi connectivity index (χ1v) is 7.90. The molecule has 0 amide bonds. The zero-order valence-corrected chi connectivity index (χ0v) is 13.7. The summed E-state index contributed by atoms with van der Waals surface area (Å²) in [5.74, 6) is -0.692. The standard InChI is InChI=1S/C18H24O4/c1-11(2)17(19)21-15-9-10-16(22-18(20)12(3)4)14-8-6-5-7-13(14)15/h5-8,11-12,15-16H,9-10H2,1-4H3/t15-,16+. The Labute approximate surface area is 131 Å². The Hall–Kier alpha value is -1.84. The molecule has 0 aromatic heterocycles. The van der Waals surface area contributed by atoms with Crippen molar-refractivity contribution in [1.29, 1.82) is 0 Å². The van der Waals surface area contributed by atoms with Crippen LogP contribution in [0.5, 0.6) is 0 Å². The van der Waals surface area contributed by atoms with E-state index in [1.54, 1.807) is 0 Å². The van der Waals surface area contributed by atoms with Gasteiger partial charge in [0.25, 0.3) is 0 Å². The molecular formula is C18H24O4. The third-order valence-electron chi connectivity index (χ3n) is 3.84. The average Bonchev–Trinajstić information content (AvgIpc) is 2.49. The highest BCUT2D eigenvalue weighted by atomic mass is 16.6. The molecule has 2 atom stereocenters. The van der Waals surface area contributed by atoms with Crippen LogP contribution in [-0.2, 0) is 19.1 Å². The van der Waals surface area contributed by atoms with Gasteiger partial charge in [-0.1, -0.05) is 52.0 Å². The molecule has 0 heterocycles. The third kappa shape index (κ3) is 3.67. The fraction of sp³-hybridized carbons (Fsp3) is 0.556. The third-order valence-corrected chi connectivity index (χ3v) is 3.84. The zero-order valence-electron chi connectivity index (χ0n) is 13.7. The maximum Gasteiger partial charge on any atom is 0.308 e. The van der Waals surface area contributed by atoms with E-state index >= 15 is 0 Å². The van der Waals surface area contributed by atoms with Crippen molar-refractivity contribution < 1.29 is 19.1 Å². The summed E-state index contributed by atoms with van der Waals surface area (Å²) in [7, 11) is 0. The lowest BCUT2D eigenvalue weighted by Gasteiger charge is -2.31. The van der Waals surface area contributed by atoms with Crippen LogP contribution in [0.4, 0.5) is 0 Å². The van der Waals surface area contributed by atoms with E-state index in [2.05, 4.69) is 0 Å². The van der Waals surface area contributed by atoms with Gasteiger partial charge in [0, 0.05) is 0 Å². The van der Waals surface area contributed by atoms with Gasteiger partial charge in [-0.3, -0.25) is 9.59 Å². The summed E-state index contributed by atoms with van der Waals surface area (Å²) < 4.78 is 11.2. The van der Waals surface area contributed by atoms with Crippen LogP contribution in [0.15, 0.2) is 24.3 Å². The van der Waals surface area contributed by atoms with Crippen molar-refractivity contribution in [3.05, 3.63) is 35.4 Å². The molecule has 1 aliphatic carbocycles. The number of hydrogen-bond acceptors (Lipinski definition) is 4. The number of carbonyl (C=O) groups excluding carboxylic acids is 2. The van der Waals surface area contributed by atoms with E-state index in [-0.39, 0.29) is 36.0 Å². The van der Waals surface area contributed by atoms with Crippen molar-refractivity contribution in [1.82, 2.24) is 0 Å². The van der Waals surface area contributed by atoms with Crippen molar-refractivity contribution >= 4 is 11.9 Å². The summed E-state index contributed by atoms with van der Waals surface area (Å²) in [6, 6.07) is 7.73. The first kappa shape index (κ1) is 16.5. The van der Waals surface area contributed by atoms with Crippen molar-refractivity contribution in [2.45, 2.75) is 52.7 Å². The van der Waals surface area contributed by atoms with Crippen LogP contribution < -0.4 is 0 Å². The molecule has 0 fully saturated rings. The van der Waals surface area contributed by atoms with Gasteiger partial charge >= 0.3 is 11.9 Å². The highest BCUT2D eigenvalue weighted by Gasteiger charge is 2.32. The predicted octanol–water partition coefficient (Wildman–Crippen LogP) is 3.96. The first-order chi connectivity index (χ1) is 10.4. The Bertz CT molecular complexity index is 499. The van der Waals surface area contributed by atoms with Crippen LogP contribution in [0.25, 0.3) is 0 Å². The summed E-state index contributed by atoms with van der Waals surface area (Å²) in [6.07, 6.45) is 0.844. The lowest BCUT2D eigenvalue weighted by molar-refractivity contribution is -0.159. The number of benzene rings is 1. The van der Waals surface area contributed by atoms with E-state index in [9.17, 15) is 9.59 Å². The molecule has 4 nitrogen and oxygen atoms in total. The number of ether oxygens (including phenoxy) is 2. The van der Waals surface area contributed by atoms with E-state index in [0.29, 0.717) is 12.8 Å². The van der Waals surface area contributed by atoms with Crippen molar-refractivity contribution in [3.8, 4) is 0 Å². The largest absolute Gasteiger partial charge is 0.457 e. The van der Waals surface area contributed by atoms with Gasteiger partial charge in [0.1, 0.15) is 12.2 Å². The molecule has 1 aromatic rings. The molecule has 0 saturated heterocycles. The van der Waals surface area contributed by atoms with Gasteiger partial charge in [0.05, 0.1) is 11.8 Å². The van der Waals surface area contributed by atoms with Gasteiger partial charge in [0.15, 0.2) is 0 Å². The summed E-state index contributed by atoms with van der Waals surface area (Å²) in [5.41, 5.74) is 1.90. The lowest BCUT2D eigenvalue weighted by Crippen LogP contribution is -2.25. The summed E-state index contributed by atoms with van der Waals surface area (Å²) >= 11 is 0. The van der Waals surface area contributed by atoms with Crippen LogP contribution in [0.1, 0.15) is 63.9 Å². The molecule has 4 heteroatoms. The van der Waals surface area contributed by atoms with Gasteiger partial charge in [0.2, 0.25) is 0 Å². The molecule has 0 bridgehead atoms. The number of fused-ring (bicyclic) bond motifs is 1. The SMILES string of the molecule is CC(C)C(=O)O[C@H]1CC[C@@H](OC(=O)C(C)C)c2ccccc21. The quantitative estimate of drug-likeness (QED) is 0.790. The van der Waals surface area contributed by atoms with Crippen LogP contribution >= 0.6 is 0 Å². The minimum absolute atomic E-state index is 0.149. The molecule has 120 valence electrons. The fourth-order valence-corrected chi connectivity index (χ4v) is 2.51.